The first kappa shape index (κ1) is 16.5. The Hall–Kier alpha value is -1.84. The molecule has 1 aromatic carbocycles. The lowest BCUT2D eigenvalue weighted by Crippen LogP contribution is -2.52. The minimum Gasteiger partial charge on any atom is -0.481 e. The summed E-state index contributed by atoms with van der Waals surface area (Å²) in [6.45, 7) is 5.70. The molecule has 0 aromatic heterocycles. The lowest BCUT2D eigenvalue weighted by molar-refractivity contribution is -0.139. The molecule has 1 aliphatic carbocycles. The number of fused-ring (bicyclic) bond motifs is 1. The van der Waals surface area contributed by atoms with Gasteiger partial charge in [0.25, 0.3) is 0 Å². The molecule has 1 amide bonds. The number of hydrogen-bond acceptors (Lipinski definition) is 2. The summed E-state index contributed by atoms with van der Waals surface area (Å²) in [6, 6.07) is 8.06. The zero-order chi connectivity index (χ0) is 16.3. The summed E-state index contributed by atoms with van der Waals surface area (Å²) in [5.41, 5.74) is 1.60. The van der Waals surface area contributed by atoms with Gasteiger partial charge in [0.15, 0.2) is 0 Å². The Morgan fingerprint density at radius 1 is 1.36 bits per heavy atom. The van der Waals surface area contributed by atoms with Crippen molar-refractivity contribution in [3.8, 4) is 0 Å². The molecule has 4 nitrogen and oxygen atoms in total. The molecule has 0 spiro atoms. The third-order valence-electron chi connectivity index (χ3n) is 4.89. The fourth-order valence-corrected chi connectivity index (χ4v) is 3.10. The first-order valence-corrected chi connectivity index (χ1v) is 7.95. The number of rotatable bonds is 5. The zero-order valence-electron chi connectivity index (χ0n) is 13.6. The van der Waals surface area contributed by atoms with Gasteiger partial charge in [-0.2, -0.15) is 0 Å². The standard InChI is InChI=1S/C18H25NO3/c1-12(2)18(3,11-16(20)21)19-17(22)15-10-6-8-13-7-4-5-9-14(13)15/h4-5,7,9,12,15H,6,8,10-11H2,1-3H3,(H,19,22)(H,20,21). The maximum Gasteiger partial charge on any atom is 0.305 e. The molecular weight excluding hydrogens is 278 g/mol. The van der Waals surface area contributed by atoms with E-state index in [9.17, 15) is 9.59 Å². The van der Waals surface area contributed by atoms with Gasteiger partial charge < -0.3 is 10.4 Å². The number of carbonyl (C=O) groups is 2. The van der Waals surface area contributed by atoms with E-state index in [0.717, 1.165) is 24.8 Å². The van der Waals surface area contributed by atoms with Crippen LogP contribution in [0, 0.1) is 5.92 Å². The highest BCUT2D eigenvalue weighted by Gasteiger charge is 2.36. The first-order valence-electron chi connectivity index (χ1n) is 7.95. The second-order valence-electron chi connectivity index (χ2n) is 6.78. The van der Waals surface area contributed by atoms with Gasteiger partial charge in [-0.3, -0.25) is 9.59 Å². The van der Waals surface area contributed by atoms with Gasteiger partial charge >= 0.3 is 5.97 Å². The number of nitrogens with one attached hydrogen (secondary N) is 1. The lowest BCUT2D eigenvalue weighted by Gasteiger charge is -2.36. The zero-order valence-corrected chi connectivity index (χ0v) is 13.6. The molecule has 22 heavy (non-hydrogen) atoms. The average molecular weight is 303 g/mol. The van der Waals surface area contributed by atoms with Crippen LogP contribution in [0.1, 0.15) is 57.1 Å². The van der Waals surface area contributed by atoms with Crippen molar-refractivity contribution >= 4 is 11.9 Å². The number of carboxylic acid groups (broad SMARTS) is 1. The molecule has 2 rings (SSSR count). The van der Waals surface area contributed by atoms with Gasteiger partial charge in [-0.1, -0.05) is 38.1 Å². The number of hydrogen-bond donors (Lipinski definition) is 2. The molecule has 0 saturated heterocycles. The summed E-state index contributed by atoms with van der Waals surface area (Å²) < 4.78 is 0. The Balaban J connectivity index is 2.20. The summed E-state index contributed by atoms with van der Waals surface area (Å²) in [4.78, 5) is 23.9. The highest BCUT2D eigenvalue weighted by Crippen LogP contribution is 2.33. The molecule has 120 valence electrons. The third-order valence-corrected chi connectivity index (χ3v) is 4.89. The topological polar surface area (TPSA) is 66.4 Å². The number of benzene rings is 1. The van der Waals surface area contributed by atoms with Crippen LogP contribution in [0.15, 0.2) is 24.3 Å². The second kappa shape index (κ2) is 6.51. The van der Waals surface area contributed by atoms with Gasteiger partial charge in [-0.15, -0.1) is 0 Å². The molecule has 1 aliphatic rings. The number of carbonyl (C=O) groups excluding carboxylic acids is 1. The van der Waals surface area contributed by atoms with Crippen molar-refractivity contribution < 1.29 is 14.7 Å². The van der Waals surface area contributed by atoms with E-state index in [-0.39, 0.29) is 24.2 Å². The molecule has 0 fully saturated rings. The molecule has 2 atom stereocenters. The van der Waals surface area contributed by atoms with Gasteiger partial charge in [0.05, 0.1) is 12.3 Å². The van der Waals surface area contributed by atoms with Crippen LogP contribution in [-0.2, 0) is 16.0 Å². The molecular formula is C18H25NO3. The maximum atomic E-state index is 12.8. The van der Waals surface area contributed by atoms with Crippen molar-refractivity contribution in [2.24, 2.45) is 5.92 Å². The van der Waals surface area contributed by atoms with Crippen molar-refractivity contribution in [1.82, 2.24) is 5.32 Å². The van der Waals surface area contributed by atoms with Crippen molar-refractivity contribution in [2.45, 2.75) is 57.9 Å². The van der Waals surface area contributed by atoms with Gasteiger partial charge in [-0.25, -0.2) is 0 Å². The Morgan fingerprint density at radius 2 is 2.05 bits per heavy atom. The van der Waals surface area contributed by atoms with Crippen LogP contribution in [0.3, 0.4) is 0 Å². The summed E-state index contributed by atoms with van der Waals surface area (Å²) >= 11 is 0. The number of amides is 1. The average Bonchev–Trinajstić information content (AvgIpc) is 2.45. The Labute approximate surface area is 131 Å². The molecule has 0 saturated carbocycles. The highest BCUT2D eigenvalue weighted by atomic mass is 16.4. The predicted octanol–water partition coefficient (Wildman–Crippen LogP) is 3.11. The molecule has 0 bridgehead atoms. The normalized spacial score (nSPS) is 20.1. The van der Waals surface area contributed by atoms with Gasteiger partial charge in [0.2, 0.25) is 5.91 Å². The maximum absolute atomic E-state index is 12.8. The van der Waals surface area contributed by atoms with E-state index in [1.54, 1.807) is 0 Å². The minimum absolute atomic E-state index is 0.0476. The highest BCUT2D eigenvalue weighted by molar-refractivity contribution is 5.85. The van der Waals surface area contributed by atoms with Crippen LogP contribution in [0.4, 0.5) is 0 Å². The summed E-state index contributed by atoms with van der Waals surface area (Å²) in [5.74, 6) is -1.06. The SMILES string of the molecule is CC(C)C(C)(CC(=O)O)NC(=O)C1CCCc2ccccc21. The lowest BCUT2D eigenvalue weighted by atomic mass is 9.80. The van der Waals surface area contributed by atoms with Crippen LogP contribution in [0.5, 0.6) is 0 Å². The molecule has 4 heteroatoms. The molecule has 0 aliphatic heterocycles. The largest absolute Gasteiger partial charge is 0.481 e. The number of aliphatic carboxylic acids is 1. The number of carboxylic acids is 1. The first-order chi connectivity index (χ1) is 10.3. The van der Waals surface area contributed by atoms with Crippen molar-refractivity contribution in [3.05, 3.63) is 35.4 Å². The van der Waals surface area contributed by atoms with Crippen LogP contribution >= 0.6 is 0 Å². The molecule has 0 radical (unpaired) electrons. The van der Waals surface area contributed by atoms with Crippen LogP contribution in [0.25, 0.3) is 0 Å². The van der Waals surface area contributed by atoms with Crippen molar-refractivity contribution in [2.75, 3.05) is 0 Å². The Morgan fingerprint density at radius 3 is 2.68 bits per heavy atom. The van der Waals surface area contributed by atoms with Crippen LogP contribution in [0.2, 0.25) is 0 Å². The fourth-order valence-electron chi connectivity index (χ4n) is 3.10. The van der Waals surface area contributed by atoms with Gasteiger partial charge in [-0.05, 0) is 43.2 Å². The summed E-state index contributed by atoms with van der Waals surface area (Å²) in [5, 5.41) is 12.1. The minimum atomic E-state index is -0.888. The summed E-state index contributed by atoms with van der Waals surface area (Å²) in [7, 11) is 0. The smallest absolute Gasteiger partial charge is 0.305 e. The molecule has 2 N–H and O–H groups in total. The van der Waals surface area contributed by atoms with E-state index in [1.165, 1.54) is 5.56 Å². The molecule has 0 heterocycles. The van der Waals surface area contributed by atoms with E-state index < -0.39 is 11.5 Å². The van der Waals surface area contributed by atoms with Gasteiger partial charge in [0, 0.05) is 5.54 Å². The monoisotopic (exact) mass is 303 g/mol. The molecule has 1 aromatic rings. The fraction of sp³-hybridized carbons (Fsp3) is 0.556. The van der Waals surface area contributed by atoms with Crippen molar-refractivity contribution in [1.29, 1.82) is 0 Å². The van der Waals surface area contributed by atoms with Gasteiger partial charge in [0.1, 0.15) is 0 Å². The second-order valence-corrected chi connectivity index (χ2v) is 6.78. The summed E-state index contributed by atoms with van der Waals surface area (Å²) in [6.07, 6.45) is 2.76. The van der Waals surface area contributed by atoms with E-state index >= 15 is 0 Å². The Kier molecular flexibility index (Phi) is 4.89. The Bertz CT molecular complexity index is 567. The van der Waals surface area contributed by atoms with Crippen LogP contribution < -0.4 is 5.32 Å². The van der Waals surface area contributed by atoms with E-state index in [2.05, 4.69) is 11.4 Å². The quantitative estimate of drug-likeness (QED) is 0.878. The third kappa shape index (κ3) is 3.49. The number of aryl methyl sites for hydroxylation is 1. The predicted molar refractivity (Wildman–Crippen MR) is 85.8 cm³/mol. The van der Waals surface area contributed by atoms with Crippen LogP contribution in [-0.4, -0.2) is 22.5 Å². The van der Waals surface area contributed by atoms with E-state index in [1.807, 2.05) is 39.0 Å². The van der Waals surface area contributed by atoms with E-state index in [4.69, 9.17) is 5.11 Å². The van der Waals surface area contributed by atoms with Crippen molar-refractivity contribution in [3.63, 3.8) is 0 Å². The van der Waals surface area contributed by atoms with E-state index in [0.29, 0.717) is 0 Å². The molecule has 2 unspecified atom stereocenters.